The van der Waals surface area contributed by atoms with Gasteiger partial charge in [-0.2, -0.15) is 18.3 Å². The second-order valence-electron chi connectivity index (χ2n) is 7.74. The van der Waals surface area contributed by atoms with Gasteiger partial charge in [-0.25, -0.2) is 9.67 Å². The Kier molecular flexibility index (Phi) is 7.02. The molecule has 0 radical (unpaired) electrons. The number of Topliss-reactive ketones (excluding diaryl/α,β-unsaturated/α-hetero) is 1. The minimum absolute atomic E-state index is 0.0968. The van der Waals surface area contributed by atoms with Gasteiger partial charge in [0, 0.05) is 25.4 Å². The molecular weight excluding hydrogens is 423 g/mol. The summed E-state index contributed by atoms with van der Waals surface area (Å²) < 4.78 is 50.9. The van der Waals surface area contributed by atoms with Crippen LogP contribution in [0.25, 0.3) is 5.69 Å². The number of halogens is 4. The molecule has 1 fully saturated rings. The Morgan fingerprint density at radius 2 is 2.13 bits per heavy atom. The average molecular weight is 446 g/mol. The van der Waals surface area contributed by atoms with Crippen LogP contribution in [0.5, 0.6) is 5.88 Å². The highest BCUT2D eigenvalue weighted by Gasteiger charge is 2.33. The van der Waals surface area contributed by atoms with E-state index in [2.05, 4.69) is 10.1 Å². The predicted octanol–water partition coefficient (Wildman–Crippen LogP) is 4.73. The summed E-state index contributed by atoms with van der Waals surface area (Å²) in [4.78, 5) is 15.2. The molecule has 0 aromatic carbocycles. The summed E-state index contributed by atoms with van der Waals surface area (Å²) in [5.41, 5.74) is -0.609. The zero-order chi connectivity index (χ0) is 21.9. The fraction of sp³-hybridized carbons (Fsp3) is 0.550. The van der Waals surface area contributed by atoms with Crippen LogP contribution in [-0.4, -0.2) is 39.9 Å². The Morgan fingerprint density at radius 1 is 1.40 bits per heavy atom. The van der Waals surface area contributed by atoms with E-state index in [0.29, 0.717) is 19.6 Å². The van der Waals surface area contributed by atoms with E-state index in [-0.39, 0.29) is 40.3 Å². The van der Waals surface area contributed by atoms with Crippen LogP contribution in [0, 0.1) is 11.8 Å². The molecule has 2 aromatic rings. The van der Waals surface area contributed by atoms with Crippen molar-refractivity contribution in [3.8, 4) is 11.6 Å². The molecule has 2 aromatic heterocycles. The third kappa shape index (κ3) is 5.72. The van der Waals surface area contributed by atoms with E-state index in [4.69, 9.17) is 21.1 Å². The van der Waals surface area contributed by atoms with Crippen molar-refractivity contribution in [3.05, 3.63) is 35.2 Å². The number of pyridine rings is 1. The Labute approximate surface area is 177 Å². The molecule has 0 aliphatic heterocycles. The van der Waals surface area contributed by atoms with Crippen LogP contribution < -0.4 is 4.74 Å². The normalized spacial score (nSPS) is 19.9. The number of rotatable bonds is 9. The Hall–Kier alpha value is -2.13. The van der Waals surface area contributed by atoms with Gasteiger partial charge in [-0.3, -0.25) is 0 Å². The molecule has 164 valence electrons. The van der Waals surface area contributed by atoms with Crippen LogP contribution in [0.15, 0.2) is 24.7 Å². The Morgan fingerprint density at radius 3 is 2.77 bits per heavy atom. The van der Waals surface area contributed by atoms with Gasteiger partial charge in [0.2, 0.25) is 5.88 Å². The van der Waals surface area contributed by atoms with Crippen LogP contribution in [0.4, 0.5) is 13.2 Å². The van der Waals surface area contributed by atoms with Crippen molar-refractivity contribution in [2.24, 2.45) is 11.8 Å². The second-order valence-corrected chi connectivity index (χ2v) is 8.11. The maximum atomic E-state index is 12.8. The molecule has 0 spiro atoms. The molecule has 1 aliphatic carbocycles. The van der Waals surface area contributed by atoms with Gasteiger partial charge in [0.1, 0.15) is 10.8 Å². The number of carbonyl (C=O) groups is 1. The van der Waals surface area contributed by atoms with Crippen LogP contribution >= 0.6 is 11.6 Å². The van der Waals surface area contributed by atoms with Gasteiger partial charge in [-0.1, -0.05) is 18.5 Å². The molecule has 2 heterocycles. The average Bonchev–Trinajstić information content (AvgIpc) is 3.10. The molecule has 1 saturated carbocycles. The van der Waals surface area contributed by atoms with Gasteiger partial charge < -0.3 is 14.3 Å². The number of hydrogen-bond donors (Lipinski definition) is 0. The summed E-state index contributed by atoms with van der Waals surface area (Å²) in [7, 11) is 0. The van der Waals surface area contributed by atoms with Crippen molar-refractivity contribution in [2.75, 3.05) is 13.2 Å². The first kappa shape index (κ1) is 22.6. The summed E-state index contributed by atoms with van der Waals surface area (Å²) in [6, 6.07) is 1.47. The summed E-state index contributed by atoms with van der Waals surface area (Å²) in [5.74, 6) is 0.782. The summed E-state index contributed by atoms with van der Waals surface area (Å²) >= 11 is 6.28. The number of ether oxygens (including phenoxy) is 2. The Balaban J connectivity index is 1.50. The molecule has 1 aliphatic rings. The monoisotopic (exact) mass is 445 g/mol. The van der Waals surface area contributed by atoms with Gasteiger partial charge in [0.25, 0.3) is 0 Å². The molecule has 30 heavy (non-hydrogen) atoms. The predicted molar refractivity (Wildman–Crippen MR) is 104 cm³/mol. The van der Waals surface area contributed by atoms with Gasteiger partial charge in [-0.15, -0.1) is 0 Å². The lowest BCUT2D eigenvalue weighted by atomic mass is 9.83. The molecule has 0 unspecified atom stereocenters. The minimum atomic E-state index is -4.48. The highest BCUT2D eigenvalue weighted by atomic mass is 35.5. The summed E-state index contributed by atoms with van der Waals surface area (Å²) in [5, 5.41) is 3.83. The van der Waals surface area contributed by atoms with Crippen LogP contribution in [0.3, 0.4) is 0 Å². The van der Waals surface area contributed by atoms with Gasteiger partial charge in [0.15, 0.2) is 0 Å². The zero-order valence-corrected chi connectivity index (χ0v) is 17.4. The van der Waals surface area contributed by atoms with Gasteiger partial charge in [-0.05, 0) is 37.7 Å². The number of ketones is 1. The molecule has 0 saturated heterocycles. The SMILES string of the molecule is CC(=O)C[C@@H](C)COC1CC(COc2nccc(-n3cc(C(F)(F)F)cn3)c2Cl)C1. The minimum Gasteiger partial charge on any atom is -0.476 e. The van der Waals surface area contributed by atoms with E-state index in [1.165, 1.54) is 12.3 Å². The maximum absolute atomic E-state index is 12.8. The van der Waals surface area contributed by atoms with Crippen molar-refractivity contribution in [1.82, 2.24) is 14.8 Å². The molecule has 0 bridgehead atoms. The lowest BCUT2D eigenvalue weighted by Gasteiger charge is -2.35. The van der Waals surface area contributed by atoms with E-state index >= 15 is 0 Å². The number of carbonyl (C=O) groups excluding carboxylic acids is 1. The van der Waals surface area contributed by atoms with Crippen LogP contribution in [-0.2, 0) is 15.7 Å². The van der Waals surface area contributed by atoms with Crippen molar-refractivity contribution >= 4 is 17.4 Å². The smallest absolute Gasteiger partial charge is 0.419 e. The standard InChI is InChI=1S/C20H23ClF3N3O3/c1-12(5-13(2)28)10-29-16-6-14(7-16)11-30-19-18(21)17(3-4-25-19)27-9-15(8-26-27)20(22,23)24/h3-4,8-9,12,14,16H,5-7,10-11H2,1-2H3/t12-,14?,16?/m1/s1. The van der Waals surface area contributed by atoms with Gasteiger partial charge >= 0.3 is 6.18 Å². The topological polar surface area (TPSA) is 66.2 Å². The summed E-state index contributed by atoms with van der Waals surface area (Å²) in [6.07, 6.45) is 0.859. The third-order valence-electron chi connectivity index (χ3n) is 4.89. The second kappa shape index (κ2) is 9.34. The lowest BCUT2D eigenvalue weighted by Crippen LogP contribution is -2.36. The van der Waals surface area contributed by atoms with E-state index in [1.807, 2.05) is 6.92 Å². The third-order valence-corrected chi connectivity index (χ3v) is 5.25. The number of hydrogen-bond acceptors (Lipinski definition) is 5. The lowest BCUT2D eigenvalue weighted by molar-refractivity contribution is -0.137. The molecular formula is C20H23ClF3N3O3. The first-order valence-electron chi connectivity index (χ1n) is 9.64. The first-order valence-corrected chi connectivity index (χ1v) is 10.0. The van der Waals surface area contributed by atoms with Crippen molar-refractivity contribution < 1.29 is 27.4 Å². The van der Waals surface area contributed by atoms with Gasteiger partial charge in [0.05, 0.1) is 30.2 Å². The molecule has 6 nitrogen and oxygen atoms in total. The highest BCUT2D eigenvalue weighted by molar-refractivity contribution is 6.33. The molecule has 0 amide bonds. The van der Waals surface area contributed by atoms with E-state index in [9.17, 15) is 18.0 Å². The van der Waals surface area contributed by atoms with Crippen molar-refractivity contribution in [1.29, 1.82) is 0 Å². The molecule has 0 N–H and O–H groups in total. The van der Waals surface area contributed by atoms with Crippen LogP contribution in [0.2, 0.25) is 5.02 Å². The number of aromatic nitrogens is 3. The molecule has 10 heteroatoms. The number of alkyl halides is 3. The quantitative estimate of drug-likeness (QED) is 0.558. The maximum Gasteiger partial charge on any atom is 0.419 e. The Bertz CT molecular complexity index is 882. The van der Waals surface area contributed by atoms with E-state index in [0.717, 1.165) is 29.9 Å². The van der Waals surface area contributed by atoms with E-state index in [1.54, 1.807) is 6.92 Å². The molecule has 1 atom stereocenters. The summed E-state index contributed by atoms with van der Waals surface area (Å²) in [6.45, 7) is 4.49. The molecule has 3 rings (SSSR count). The fourth-order valence-electron chi connectivity index (χ4n) is 3.29. The number of nitrogens with zero attached hydrogens (tertiary/aromatic N) is 3. The zero-order valence-electron chi connectivity index (χ0n) is 16.7. The van der Waals surface area contributed by atoms with Crippen molar-refractivity contribution in [2.45, 2.75) is 45.4 Å². The van der Waals surface area contributed by atoms with Crippen molar-refractivity contribution in [3.63, 3.8) is 0 Å². The first-order chi connectivity index (χ1) is 14.1. The van der Waals surface area contributed by atoms with E-state index < -0.39 is 11.7 Å². The largest absolute Gasteiger partial charge is 0.476 e. The fourth-order valence-corrected chi connectivity index (χ4v) is 3.54. The van der Waals surface area contributed by atoms with Crippen LogP contribution in [0.1, 0.15) is 38.7 Å². The highest BCUT2D eigenvalue weighted by Crippen LogP contribution is 2.34.